The Hall–Kier alpha value is -2.99. The summed E-state index contributed by atoms with van der Waals surface area (Å²) in [5.74, 6) is 0.0950. The summed E-state index contributed by atoms with van der Waals surface area (Å²) in [5.41, 5.74) is 2.91. The third-order valence-corrected chi connectivity index (χ3v) is 5.86. The molecule has 0 amide bonds. The van der Waals surface area contributed by atoms with E-state index in [1.165, 1.54) is 0 Å². The number of Topliss-reactive ketones (excluding diaryl/α,β-unsaturated/α-hetero) is 1. The summed E-state index contributed by atoms with van der Waals surface area (Å²) in [6.45, 7) is 4.32. The average Bonchev–Trinajstić information content (AvgIpc) is 3.37. The van der Waals surface area contributed by atoms with Crippen LogP contribution in [0.15, 0.2) is 53.5 Å². The molecule has 30 heavy (non-hydrogen) atoms. The third-order valence-electron chi connectivity index (χ3n) is 4.98. The van der Waals surface area contributed by atoms with Crippen LogP contribution < -0.4 is 0 Å². The van der Waals surface area contributed by atoms with Crippen LogP contribution in [0, 0.1) is 0 Å². The van der Waals surface area contributed by atoms with Crippen molar-refractivity contribution in [2.45, 2.75) is 46.1 Å². The number of carboxylic acid groups (broad SMARTS) is 1. The van der Waals surface area contributed by atoms with Crippen LogP contribution in [0.2, 0.25) is 0 Å². The van der Waals surface area contributed by atoms with Gasteiger partial charge in [0.05, 0.1) is 17.5 Å². The van der Waals surface area contributed by atoms with Crippen molar-refractivity contribution < 1.29 is 14.7 Å². The Balaban J connectivity index is 1.94. The standard InChI is InChI=1S/C24H26N2O3S/c1-3-4-7-23-25-15-21(13-20(17(2)27)14-22-6-5-12-30-22)26(23)16-18-8-10-19(11-9-18)24(28)29/h5-6,8-13,15H,3-4,7,14,16H2,1-2H3,(H,28,29)/b20-13+. The Morgan fingerprint density at radius 2 is 1.97 bits per heavy atom. The lowest BCUT2D eigenvalue weighted by molar-refractivity contribution is -0.113. The molecule has 156 valence electrons. The number of rotatable bonds is 10. The maximum absolute atomic E-state index is 12.3. The number of allylic oxidation sites excluding steroid dienone is 1. The fourth-order valence-electron chi connectivity index (χ4n) is 3.25. The van der Waals surface area contributed by atoms with E-state index >= 15 is 0 Å². The number of carbonyl (C=O) groups excluding carboxylic acids is 1. The largest absolute Gasteiger partial charge is 0.478 e. The summed E-state index contributed by atoms with van der Waals surface area (Å²) in [4.78, 5) is 29.2. The highest BCUT2D eigenvalue weighted by Gasteiger charge is 2.13. The van der Waals surface area contributed by atoms with Crippen molar-refractivity contribution >= 4 is 29.2 Å². The van der Waals surface area contributed by atoms with Crippen LogP contribution in [0.25, 0.3) is 6.08 Å². The van der Waals surface area contributed by atoms with Gasteiger partial charge in [-0.3, -0.25) is 4.79 Å². The number of nitrogens with zero attached hydrogens (tertiary/aromatic N) is 2. The summed E-state index contributed by atoms with van der Waals surface area (Å²) < 4.78 is 2.13. The monoisotopic (exact) mass is 422 g/mol. The van der Waals surface area contributed by atoms with Crippen LogP contribution in [0.3, 0.4) is 0 Å². The minimum atomic E-state index is -0.934. The molecule has 3 aromatic rings. The summed E-state index contributed by atoms with van der Waals surface area (Å²) in [6, 6.07) is 10.9. The maximum Gasteiger partial charge on any atom is 0.335 e. The minimum Gasteiger partial charge on any atom is -0.478 e. The Morgan fingerprint density at radius 3 is 2.57 bits per heavy atom. The van der Waals surface area contributed by atoms with Crippen molar-refractivity contribution in [1.82, 2.24) is 9.55 Å². The molecule has 2 heterocycles. The summed E-state index contributed by atoms with van der Waals surface area (Å²) in [7, 11) is 0. The molecule has 5 nitrogen and oxygen atoms in total. The number of aryl methyl sites for hydroxylation is 1. The second-order valence-electron chi connectivity index (χ2n) is 7.27. The Morgan fingerprint density at radius 1 is 1.20 bits per heavy atom. The zero-order valence-electron chi connectivity index (χ0n) is 17.3. The highest BCUT2D eigenvalue weighted by molar-refractivity contribution is 7.09. The zero-order chi connectivity index (χ0) is 21.5. The van der Waals surface area contributed by atoms with Crippen LogP contribution in [-0.4, -0.2) is 26.4 Å². The van der Waals surface area contributed by atoms with E-state index in [9.17, 15) is 9.59 Å². The molecule has 1 aromatic carbocycles. The molecule has 0 aliphatic heterocycles. The zero-order valence-corrected chi connectivity index (χ0v) is 18.1. The van der Waals surface area contributed by atoms with Crippen molar-refractivity contribution in [2.24, 2.45) is 0 Å². The lowest BCUT2D eigenvalue weighted by Crippen LogP contribution is -2.09. The molecule has 2 aromatic heterocycles. The van der Waals surface area contributed by atoms with E-state index in [0.29, 0.717) is 13.0 Å². The average molecular weight is 423 g/mol. The molecule has 0 saturated heterocycles. The van der Waals surface area contributed by atoms with Gasteiger partial charge >= 0.3 is 5.97 Å². The topological polar surface area (TPSA) is 72.2 Å². The number of unbranched alkanes of at least 4 members (excludes halogenated alkanes) is 1. The summed E-state index contributed by atoms with van der Waals surface area (Å²) in [6.07, 6.45) is 7.34. The van der Waals surface area contributed by atoms with Gasteiger partial charge in [-0.05, 0) is 48.6 Å². The molecular formula is C24H26N2O3S. The van der Waals surface area contributed by atoms with E-state index in [0.717, 1.165) is 46.8 Å². The molecule has 0 fully saturated rings. The van der Waals surface area contributed by atoms with E-state index in [2.05, 4.69) is 16.5 Å². The van der Waals surface area contributed by atoms with Gasteiger partial charge in [-0.1, -0.05) is 31.5 Å². The van der Waals surface area contributed by atoms with Crippen molar-refractivity contribution in [3.05, 3.63) is 81.1 Å². The molecule has 0 bridgehead atoms. The van der Waals surface area contributed by atoms with E-state index in [1.807, 2.05) is 41.9 Å². The molecule has 6 heteroatoms. The number of hydrogen-bond acceptors (Lipinski definition) is 4. The normalized spacial score (nSPS) is 11.6. The van der Waals surface area contributed by atoms with Crippen LogP contribution in [0.5, 0.6) is 0 Å². The number of aromatic carboxylic acids is 1. The second kappa shape index (κ2) is 10.2. The van der Waals surface area contributed by atoms with Crippen molar-refractivity contribution in [3.8, 4) is 0 Å². The number of carbonyl (C=O) groups is 2. The molecule has 0 aliphatic rings. The summed E-state index contributed by atoms with van der Waals surface area (Å²) >= 11 is 1.64. The van der Waals surface area contributed by atoms with E-state index in [4.69, 9.17) is 5.11 Å². The second-order valence-corrected chi connectivity index (χ2v) is 8.31. The van der Waals surface area contributed by atoms with E-state index in [1.54, 1.807) is 30.4 Å². The highest BCUT2D eigenvalue weighted by Crippen LogP contribution is 2.20. The highest BCUT2D eigenvalue weighted by atomic mass is 32.1. The summed E-state index contributed by atoms with van der Waals surface area (Å²) in [5, 5.41) is 11.1. The quantitative estimate of drug-likeness (QED) is 0.453. The van der Waals surface area contributed by atoms with Crippen LogP contribution in [-0.2, 0) is 24.2 Å². The van der Waals surface area contributed by atoms with Gasteiger partial charge in [-0.2, -0.15) is 0 Å². The fourth-order valence-corrected chi connectivity index (χ4v) is 3.98. The molecule has 0 radical (unpaired) electrons. The predicted octanol–water partition coefficient (Wildman–Crippen LogP) is 5.25. The lowest BCUT2D eigenvalue weighted by atomic mass is 10.1. The first-order valence-corrected chi connectivity index (χ1v) is 11.0. The Labute approximate surface area is 180 Å². The predicted molar refractivity (Wildman–Crippen MR) is 120 cm³/mol. The molecule has 0 aliphatic carbocycles. The van der Waals surface area contributed by atoms with Gasteiger partial charge in [0.15, 0.2) is 5.78 Å². The van der Waals surface area contributed by atoms with E-state index < -0.39 is 5.97 Å². The molecule has 0 unspecified atom stereocenters. The van der Waals surface area contributed by atoms with Crippen LogP contribution in [0.4, 0.5) is 0 Å². The molecule has 3 rings (SSSR count). The smallest absolute Gasteiger partial charge is 0.335 e. The number of hydrogen-bond donors (Lipinski definition) is 1. The maximum atomic E-state index is 12.3. The lowest BCUT2D eigenvalue weighted by Gasteiger charge is -2.12. The molecular weight excluding hydrogens is 396 g/mol. The van der Waals surface area contributed by atoms with Crippen LogP contribution in [0.1, 0.15) is 59.0 Å². The number of aromatic nitrogens is 2. The first kappa shape index (κ1) is 21.7. The van der Waals surface area contributed by atoms with Gasteiger partial charge in [0.2, 0.25) is 0 Å². The first-order chi connectivity index (χ1) is 14.5. The molecule has 0 saturated carbocycles. The van der Waals surface area contributed by atoms with Gasteiger partial charge < -0.3 is 9.67 Å². The number of thiophene rings is 1. The van der Waals surface area contributed by atoms with Crippen molar-refractivity contribution in [1.29, 1.82) is 0 Å². The van der Waals surface area contributed by atoms with E-state index in [-0.39, 0.29) is 11.3 Å². The van der Waals surface area contributed by atoms with Crippen molar-refractivity contribution in [3.63, 3.8) is 0 Å². The SMILES string of the molecule is CCCCc1ncc(/C=C(\Cc2cccs2)C(C)=O)n1Cc1ccc(C(=O)O)cc1. The van der Waals surface area contributed by atoms with Crippen molar-refractivity contribution in [2.75, 3.05) is 0 Å². The Bertz CT molecular complexity index is 1030. The van der Waals surface area contributed by atoms with Gasteiger partial charge in [0.25, 0.3) is 0 Å². The number of benzene rings is 1. The van der Waals surface area contributed by atoms with Gasteiger partial charge in [-0.15, -0.1) is 11.3 Å². The van der Waals surface area contributed by atoms with Gasteiger partial charge in [0, 0.05) is 29.8 Å². The molecule has 1 N–H and O–H groups in total. The fraction of sp³-hybridized carbons (Fsp3) is 0.292. The number of imidazole rings is 1. The number of ketones is 1. The first-order valence-electron chi connectivity index (χ1n) is 10.1. The van der Waals surface area contributed by atoms with Gasteiger partial charge in [-0.25, -0.2) is 9.78 Å². The third kappa shape index (κ3) is 5.54. The molecule has 0 atom stereocenters. The van der Waals surface area contributed by atoms with Gasteiger partial charge in [0.1, 0.15) is 5.82 Å². The molecule has 0 spiro atoms. The van der Waals surface area contributed by atoms with Crippen LogP contribution >= 0.6 is 11.3 Å². The minimum absolute atomic E-state index is 0.0528. The Kier molecular flexibility index (Phi) is 7.36. The number of carboxylic acids is 1.